The number of methoxy groups -OCH3 is 1. The van der Waals surface area contributed by atoms with Crippen molar-refractivity contribution in [1.82, 2.24) is 14.5 Å². The largest absolute Gasteiger partial charge is 0.383 e. The summed E-state index contributed by atoms with van der Waals surface area (Å²) < 4.78 is 7.03. The van der Waals surface area contributed by atoms with Crippen LogP contribution < -0.4 is 5.56 Å². The Bertz CT molecular complexity index is 1010. The summed E-state index contributed by atoms with van der Waals surface area (Å²) in [4.78, 5) is 25.1. The second-order valence-electron chi connectivity index (χ2n) is 6.61. The molecule has 0 unspecified atom stereocenters. The molecule has 0 aliphatic heterocycles. The maximum absolute atomic E-state index is 13.3. The van der Waals surface area contributed by atoms with E-state index in [2.05, 4.69) is 17.3 Å². The molecule has 1 aliphatic rings. The molecule has 0 saturated heterocycles. The minimum atomic E-state index is 0.0893. The van der Waals surface area contributed by atoms with Gasteiger partial charge in [0.05, 0.1) is 29.2 Å². The molecule has 144 valence electrons. The highest BCUT2D eigenvalue weighted by molar-refractivity contribution is 7.98. The number of nitrogens with zero attached hydrogens (tertiary/aromatic N) is 3. The van der Waals surface area contributed by atoms with Crippen LogP contribution in [0.5, 0.6) is 0 Å². The van der Waals surface area contributed by atoms with E-state index in [1.54, 1.807) is 46.1 Å². The van der Waals surface area contributed by atoms with Crippen LogP contribution in [0.2, 0.25) is 0 Å². The summed E-state index contributed by atoms with van der Waals surface area (Å²) in [6.07, 6.45) is 5.41. The van der Waals surface area contributed by atoms with E-state index in [1.807, 2.05) is 0 Å². The Kier molecular flexibility index (Phi) is 5.96. The lowest BCUT2D eigenvalue weighted by atomic mass is 9.97. The zero-order valence-corrected chi connectivity index (χ0v) is 18.1. The predicted octanol–water partition coefficient (Wildman–Crippen LogP) is 4.29. The van der Waals surface area contributed by atoms with Gasteiger partial charge in [-0.25, -0.2) is 9.97 Å². The van der Waals surface area contributed by atoms with Crippen molar-refractivity contribution in [3.63, 3.8) is 0 Å². The Morgan fingerprint density at radius 2 is 2.15 bits per heavy atom. The van der Waals surface area contributed by atoms with Gasteiger partial charge in [-0.15, -0.1) is 22.7 Å². The molecule has 3 aromatic heterocycles. The molecule has 4 rings (SSSR count). The summed E-state index contributed by atoms with van der Waals surface area (Å²) in [5.41, 5.74) is 2.39. The Labute approximate surface area is 170 Å². The molecule has 0 amide bonds. The van der Waals surface area contributed by atoms with Crippen LogP contribution >= 0.6 is 34.4 Å². The molecule has 3 aromatic rings. The first-order valence-corrected chi connectivity index (χ1v) is 12.0. The Hall–Kier alpha value is -1.22. The van der Waals surface area contributed by atoms with E-state index in [1.165, 1.54) is 16.9 Å². The van der Waals surface area contributed by atoms with E-state index in [0.29, 0.717) is 13.2 Å². The number of fused-ring (bicyclic) bond motifs is 3. The Morgan fingerprint density at radius 3 is 2.93 bits per heavy atom. The molecule has 0 aromatic carbocycles. The first kappa shape index (κ1) is 19.1. The van der Waals surface area contributed by atoms with Crippen molar-refractivity contribution in [2.75, 3.05) is 13.7 Å². The average molecular weight is 422 g/mol. The predicted molar refractivity (Wildman–Crippen MR) is 113 cm³/mol. The third-order valence-corrected chi connectivity index (χ3v) is 8.05. The van der Waals surface area contributed by atoms with Gasteiger partial charge in [-0.3, -0.25) is 9.36 Å². The normalized spacial score (nSPS) is 14.0. The third-order valence-electron chi connectivity index (χ3n) is 4.81. The van der Waals surface area contributed by atoms with E-state index in [9.17, 15) is 4.79 Å². The summed E-state index contributed by atoms with van der Waals surface area (Å²) in [6.45, 7) is 3.15. The molecule has 1 aliphatic carbocycles. The molecule has 0 atom stereocenters. The maximum atomic E-state index is 13.3. The second-order valence-corrected chi connectivity index (χ2v) is 9.58. The van der Waals surface area contributed by atoms with Crippen molar-refractivity contribution >= 4 is 44.7 Å². The fraction of sp³-hybridized carbons (Fsp3) is 0.526. The van der Waals surface area contributed by atoms with Crippen LogP contribution in [0.1, 0.15) is 40.9 Å². The average Bonchev–Trinajstić information content (AvgIpc) is 3.29. The monoisotopic (exact) mass is 421 g/mol. The van der Waals surface area contributed by atoms with Gasteiger partial charge < -0.3 is 4.74 Å². The molecule has 0 spiro atoms. The highest BCUT2D eigenvalue weighted by Gasteiger charge is 2.22. The number of thiophene rings is 1. The van der Waals surface area contributed by atoms with Crippen LogP contribution in [-0.4, -0.2) is 28.3 Å². The lowest BCUT2D eigenvalue weighted by Gasteiger charge is -2.13. The minimum absolute atomic E-state index is 0.0893. The van der Waals surface area contributed by atoms with Crippen molar-refractivity contribution in [3.05, 3.63) is 36.9 Å². The van der Waals surface area contributed by atoms with Crippen LogP contribution in [0.15, 0.2) is 15.3 Å². The second kappa shape index (κ2) is 8.43. The third kappa shape index (κ3) is 3.85. The van der Waals surface area contributed by atoms with Crippen molar-refractivity contribution in [2.24, 2.45) is 0 Å². The van der Waals surface area contributed by atoms with Crippen molar-refractivity contribution in [2.45, 2.75) is 56.5 Å². The van der Waals surface area contributed by atoms with Gasteiger partial charge in [0.25, 0.3) is 5.56 Å². The number of thioether (sulfide) groups is 1. The molecule has 8 heteroatoms. The van der Waals surface area contributed by atoms with Gasteiger partial charge >= 0.3 is 0 Å². The number of hydrogen-bond donors (Lipinski definition) is 0. The topological polar surface area (TPSA) is 57.0 Å². The summed E-state index contributed by atoms with van der Waals surface area (Å²) in [5.74, 6) is 0.729. The maximum Gasteiger partial charge on any atom is 0.263 e. The number of aryl methyl sites for hydroxylation is 3. The number of hydrogen-bond acceptors (Lipinski definition) is 7. The van der Waals surface area contributed by atoms with E-state index in [0.717, 1.165) is 57.5 Å². The minimum Gasteiger partial charge on any atom is -0.383 e. The number of rotatable bonds is 7. The number of thiazole rings is 1. The molecule has 3 heterocycles. The zero-order valence-electron chi connectivity index (χ0n) is 15.6. The first-order chi connectivity index (χ1) is 13.2. The molecule has 0 saturated carbocycles. The van der Waals surface area contributed by atoms with Gasteiger partial charge in [-0.05, 0) is 37.7 Å². The van der Waals surface area contributed by atoms with Gasteiger partial charge in [-0.1, -0.05) is 18.7 Å². The van der Waals surface area contributed by atoms with E-state index >= 15 is 0 Å². The van der Waals surface area contributed by atoms with Crippen molar-refractivity contribution in [1.29, 1.82) is 0 Å². The molecule has 0 bridgehead atoms. The molecular weight excluding hydrogens is 398 g/mol. The molecule has 0 fully saturated rings. The van der Waals surface area contributed by atoms with Crippen LogP contribution in [0.3, 0.4) is 0 Å². The lowest BCUT2D eigenvalue weighted by molar-refractivity contribution is 0.183. The fourth-order valence-electron chi connectivity index (χ4n) is 3.43. The molecule has 5 nitrogen and oxygen atoms in total. The quantitative estimate of drug-likeness (QED) is 0.421. The van der Waals surface area contributed by atoms with Gasteiger partial charge in [-0.2, -0.15) is 0 Å². The molecular formula is C19H23N3O2S3. The Balaban J connectivity index is 1.72. The van der Waals surface area contributed by atoms with Crippen LogP contribution in [0, 0.1) is 0 Å². The summed E-state index contributed by atoms with van der Waals surface area (Å²) in [7, 11) is 1.66. The first-order valence-electron chi connectivity index (χ1n) is 9.31. The summed E-state index contributed by atoms with van der Waals surface area (Å²) >= 11 is 5.00. The number of aromatic nitrogens is 3. The molecule has 0 N–H and O–H groups in total. The van der Waals surface area contributed by atoms with Crippen molar-refractivity contribution < 1.29 is 4.74 Å². The van der Waals surface area contributed by atoms with Crippen LogP contribution in [0.25, 0.3) is 10.2 Å². The standard InChI is InChI=1S/C19H23N3O2S3/c1-3-15-20-12(10-25-15)11-26-19-21-17-16(18(23)22(19)8-9-24-2)13-6-4-5-7-14(13)27-17/h10H,3-9,11H2,1-2H3. The van der Waals surface area contributed by atoms with Gasteiger partial charge in [0.2, 0.25) is 0 Å². The van der Waals surface area contributed by atoms with Gasteiger partial charge in [0.1, 0.15) is 4.83 Å². The van der Waals surface area contributed by atoms with Gasteiger partial charge in [0.15, 0.2) is 5.16 Å². The Morgan fingerprint density at radius 1 is 1.30 bits per heavy atom. The van der Waals surface area contributed by atoms with Crippen molar-refractivity contribution in [3.8, 4) is 0 Å². The summed E-state index contributed by atoms with van der Waals surface area (Å²) in [5, 5.41) is 4.87. The van der Waals surface area contributed by atoms with E-state index < -0.39 is 0 Å². The highest BCUT2D eigenvalue weighted by Crippen LogP contribution is 2.35. The molecule has 0 radical (unpaired) electrons. The van der Waals surface area contributed by atoms with Gasteiger partial charge in [0, 0.05) is 23.1 Å². The summed E-state index contributed by atoms with van der Waals surface area (Å²) in [6, 6.07) is 0. The van der Waals surface area contributed by atoms with E-state index in [4.69, 9.17) is 9.72 Å². The van der Waals surface area contributed by atoms with Crippen LogP contribution in [0.4, 0.5) is 0 Å². The number of ether oxygens (including phenoxy) is 1. The fourth-order valence-corrected chi connectivity index (χ4v) is 6.50. The molecule has 27 heavy (non-hydrogen) atoms. The SMILES string of the molecule is CCc1nc(CSc2nc3sc4c(c3c(=O)n2CCOC)CCCC4)cs1. The highest BCUT2D eigenvalue weighted by atomic mass is 32.2. The lowest BCUT2D eigenvalue weighted by Crippen LogP contribution is -2.25. The van der Waals surface area contributed by atoms with Crippen LogP contribution in [-0.2, 0) is 36.3 Å². The smallest absolute Gasteiger partial charge is 0.263 e. The van der Waals surface area contributed by atoms with E-state index in [-0.39, 0.29) is 5.56 Å². The zero-order chi connectivity index (χ0) is 18.8.